The molecule has 0 aromatic rings. The SMILES string of the molecule is Cl.O=C(NN1C=CCC1)C1CSC23CC=CC=C2N=CCC13. The first-order valence-electron chi connectivity index (χ1n) is 7.57. The van der Waals surface area contributed by atoms with E-state index < -0.39 is 0 Å². The van der Waals surface area contributed by atoms with Gasteiger partial charge < -0.3 is 0 Å². The molecule has 22 heavy (non-hydrogen) atoms. The van der Waals surface area contributed by atoms with Gasteiger partial charge in [0.2, 0.25) is 5.91 Å². The average molecular weight is 338 g/mol. The number of allylic oxidation sites excluding steroid dienone is 3. The Morgan fingerprint density at radius 1 is 1.45 bits per heavy atom. The van der Waals surface area contributed by atoms with Crippen molar-refractivity contribution in [1.29, 1.82) is 0 Å². The lowest BCUT2D eigenvalue weighted by molar-refractivity contribution is -0.129. The third-order valence-electron chi connectivity index (χ3n) is 4.85. The quantitative estimate of drug-likeness (QED) is 0.842. The van der Waals surface area contributed by atoms with Crippen LogP contribution >= 0.6 is 24.2 Å². The van der Waals surface area contributed by atoms with Crippen LogP contribution in [0.5, 0.6) is 0 Å². The van der Waals surface area contributed by atoms with Crippen LogP contribution in [0.2, 0.25) is 0 Å². The van der Waals surface area contributed by atoms with Gasteiger partial charge in [0.05, 0.1) is 16.4 Å². The molecule has 1 aliphatic carbocycles. The van der Waals surface area contributed by atoms with Crippen LogP contribution in [0.1, 0.15) is 19.3 Å². The fourth-order valence-electron chi connectivity index (χ4n) is 3.75. The van der Waals surface area contributed by atoms with Crippen LogP contribution in [0.4, 0.5) is 0 Å². The van der Waals surface area contributed by atoms with E-state index in [-0.39, 0.29) is 29.0 Å². The number of hydrazine groups is 1. The van der Waals surface area contributed by atoms with E-state index in [2.05, 4.69) is 34.7 Å². The predicted molar refractivity (Wildman–Crippen MR) is 93.0 cm³/mol. The predicted octanol–water partition coefficient (Wildman–Crippen LogP) is 2.70. The van der Waals surface area contributed by atoms with Crippen LogP contribution in [0.25, 0.3) is 0 Å². The van der Waals surface area contributed by atoms with Crippen molar-refractivity contribution in [3.05, 3.63) is 36.2 Å². The summed E-state index contributed by atoms with van der Waals surface area (Å²) in [5.41, 5.74) is 4.21. The van der Waals surface area contributed by atoms with Crippen molar-refractivity contribution >= 4 is 36.3 Å². The molecule has 1 spiro atoms. The Bertz CT molecular complexity index is 586. The maximum atomic E-state index is 12.6. The average Bonchev–Trinajstić information content (AvgIpc) is 3.13. The highest BCUT2D eigenvalue weighted by Crippen LogP contribution is 2.56. The third-order valence-corrected chi connectivity index (χ3v) is 6.57. The van der Waals surface area contributed by atoms with Crippen molar-refractivity contribution in [2.75, 3.05) is 12.3 Å². The Morgan fingerprint density at radius 3 is 3.18 bits per heavy atom. The van der Waals surface area contributed by atoms with Gasteiger partial charge in [-0.25, -0.2) is 0 Å². The number of amides is 1. The molecule has 4 rings (SSSR count). The van der Waals surface area contributed by atoms with Crippen molar-refractivity contribution < 1.29 is 4.79 Å². The second-order valence-corrected chi connectivity index (χ2v) is 7.34. The van der Waals surface area contributed by atoms with Gasteiger partial charge in [-0.1, -0.05) is 18.2 Å². The first-order chi connectivity index (χ1) is 10.3. The molecule has 0 aromatic heterocycles. The zero-order valence-corrected chi connectivity index (χ0v) is 13.9. The van der Waals surface area contributed by atoms with Gasteiger partial charge in [0.25, 0.3) is 0 Å². The number of carbonyl (C=O) groups excluding carboxylic acids is 1. The van der Waals surface area contributed by atoms with Crippen molar-refractivity contribution in [3.63, 3.8) is 0 Å². The fourth-order valence-corrected chi connectivity index (χ4v) is 5.56. The minimum absolute atomic E-state index is 0. The number of thioether (sulfide) groups is 1. The molecule has 118 valence electrons. The summed E-state index contributed by atoms with van der Waals surface area (Å²) in [5.74, 6) is 1.50. The number of nitrogens with one attached hydrogen (secondary N) is 1. The monoisotopic (exact) mass is 337 g/mol. The molecule has 3 atom stereocenters. The zero-order valence-electron chi connectivity index (χ0n) is 12.3. The van der Waals surface area contributed by atoms with Crippen molar-refractivity contribution in [3.8, 4) is 0 Å². The lowest BCUT2D eigenvalue weighted by Gasteiger charge is -2.39. The molecule has 1 N–H and O–H groups in total. The van der Waals surface area contributed by atoms with E-state index in [0.717, 1.165) is 37.3 Å². The van der Waals surface area contributed by atoms with Crippen molar-refractivity contribution in [1.82, 2.24) is 10.4 Å². The van der Waals surface area contributed by atoms with Gasteiger partial charge in [-0.3, -0.25) is 20.2 Å². The molecule has 3 unspecified atom stereocenters. The van der Waals surface area contributed by atoms with Gasteiger partial charge in [0.1, 0.15) is 0 Å². The minimum Gasteiger partial charge on any atom is -0.293 e. The number of hydrogen-bond donors (Lipinski definition) is 1. The van der Waals surface area contributed by atoms with E-state index >= 15 is 0 Å². The number of carbonyl (C=O) groups is 1. The topological polar surface area (TPSA) is 44.7 Å². The van der Waals surface area contributed by atoms with Gasteiger partial charge in [-0.2, -0.15) is 0 Å². The summed E-state index contributed by atoms with van der Waals surface area (Å²) < 4.78 is 0.0341. The minimum atomic E-state index is 0. The van der Waals surface area contributed by atoms with E-state index in [0.29, 0.717) is 5.92 Å². The molecule has 3 heterocycles. The second kappa shape index (κ2) is 6.13. The molecule has 3 aliphatic heterocycles. The highest BCUT2D eigenvalue weighted by Gasteiger charge is 2.54. The molecule has 4 aliphatic rings. The molecule has 0 bridgehead atoms. The Hall–Kier alpha value is -1.20. The van der Waals surface area contributed by atoms with Gasteiger partial charge in [-0.05, 0) is 31.3 Å². The van der Waals surface area contributed by atoms with E-state index in [1.165, 1.54) is 0 Å². The molecular formula is C16H20ClN3OS. The van der Waals surface area contributed by atoms with Crippen LogP contribution in [0.3, 0.4) is 0 Å². The Kier molecular flexibility index (Phi) is 4.37. The standard InChI is InChI=1S/C16H19N3OS.ClH/c20-15(18-19-9-3-4-10-19)12-11-21-16-7-2-1-5-14(16)17-8-6-13(12)16;/h1-3,5,8-9,12-13H,4,6-7,10-11H2,(H,18,20);1H. The number of nitrogens with zero attached hydrogens (tertiary/aromatic N) is 2. The Morgan fingerprint density at radius 2 is 2.36 bits per heavy atom. The molecular weight excluding hydrogens is 318 g/mol. The number of aliphatic imine (C=N–C) groups is 1. The largest absolute Gasteiger partial charge is 0.293 e. The van der Waals surface area contributed by atoms with Gasteiger partial charge in [-0.15, -0.1) is 24.2 Å². The van der Waals surface area contributed by atoms with Gasteiger partial charge in [0.15, 0.2) is 0 Å². The van der Waals surface area contributed by atoms with Crippen molar-refractivity contribution in [2.45, 2.75) is 24.0 Å². The highest BCUT2D eigenvalue weighted by atomic mass is 35.5. The summed E-state index contributed by atoms with van der Waals surface area (Å²) in [4.78, 5) is 17.2. The van der Waals surface area contributed by atoms with Gasteiger partial charge >= 0.3 is 0 Å². The second-order valence-electron chi connectivity index (χ2n) is 5.99. The third kappa shape index (κ3) is 2.40. The number of halogens is 1. The van der Waals surface area contributed by atoms with Crippen LogP contribution < -0.4 is 5.43 Å². The molecule has 0 saturated carbocycles. The van der Waals surface area contributed by atoms with E-state index in [1.807, 2.05) is 29.2 Å². The normalized spacial score (nSPS) is 34.7. The number of rotatable bonds is 2. The maximum absolute atomic E-state index is 12.6. The van der Waals surface area contributed by atoms with Gasteiger partial charge in [0, 0.05) is 24.7 Å². The summed E-state index contributed by atoms with van der Waals surface area (Å²) in [6, 6.07) is 0. The summed E-state index contributed by atoms with van der Waals surface area (Å²) in [7, 11) is 0. The number of hydrogen-bond acceptors (Lipinski definition) is 4. The molecule has 1 amide bonds. The van der Waals surface area contributed by atoms with Crippen molar-refractivity contribution in [2.24, 2.45) is 16.8 Å². The summed E-state index contributed by atoms with van der Waals surface area (Å²) >= 11 is 1.92. The first kappa shape index (κ1) is 15.7. The summed E-state index contributed by atoms with van der Waals surface area (Å²) in [6.07, 6.45) is 15.4. The first-order valence-corrected chi connectivity index (χ1v) is 8.56. The molecule has 1 fully saturated rings. The summed E-state index contributed by atoms with van der Waals surface area (Å²) in [6.45, 7) is 0.886. The molecule has 6 heteroatoms. The maximum Gasteiger partial charge on any atom is 0.242 e. The summed E-state index contributed by atoms with van der Waals surface area (Å²) in [5, 5.41) is 1.91. The molecule has 0 radical (unpaired) electrons. The van der Waals surface area contributed by atoms with E-state index in [1.54, 1.807) is 0 Å². The van der Waals surface area contributed by atoms with Crippen LogP contribution in [-0.4, -0.2) is 34.2 Å². The van der Waals surface area contributed by atoms with Crippen LogP contribution in [-0.2, 0) is 4.79 Å². The Labute approximate surface area is 141 Å². The molecule has 4 nitrogen and oxygen atoms in total. The van der Waals surface area contributed by atoms with E-state index in [4.69, 9.17) is 0 Å². The van der Waals surface area contributed by atoms with E-state index in [9.17, 15) is 4.79 Å². The smallest absolute Gasteiger partial charge is 0.242 e. The molecule has 0 aromatic carbocycles. The van der Waals surface area contributed by atoms with Crippen LogP contribution in [0, 0.1) is 11.8 Å². The lowest BCUT2D eigenvalue weighted by Crippen LogP contribution is -2.46. The zero-order chi connectivity index (χ0) is 14.3. The fraction of sp³-hybridized carbons (Fsp3) is 0.500. The molecule has 1 saturated heterocycles. The van der Waals surface area contributed by atoms with Crippen LogP contribution in [0.15, 0.2) is 41.2 Å². The lowest BCUT2D eigenvalue weighted by atomic mass is 9.74. The highest BCUT2D eigenvalue weighted by molar-refractivity contribution is 8.01. The Balaban J connectivity index is 0.00000144.